The van der Waals surface area contributed by atoms with Crippen molar-refractivity contribution in [2.45, 2.75) is 26.4 Å². The van der Waals surface area contributed by atoms with Gasteiger partial charge < -0.3 is 9.30 Å². The molecule has 0 fully saturated rings. The van der Waals surface area contributed by atoms with E-state index in [9.17, 15) is 14.9 Å². The van der Waals surface area contributed by atoms with Gasteiger partial charge in [-0.15, -0.1) is 0 Å². The van der Waals surface area contributed by atoms with E-state index in [0.717, 1.165) is 0 Å². The minimum atomic E-state index is -0.687. The lowest BCUT2D eigenvalue weighted by Crippen LogP contribution is -2.35. The molecule has 1 amide bonds. The fourth-order valence-corrected chi connectivity index (χ4v) is 2.68. The van der Waals surface area contributed by atoms with Crippen LogP contribution < -0.4 is 4.90 Å². The number of nitro groups is 1. The third-order valence-corrected chi connectivity index (χ3v) is 3.84. The number of aromatic nitrogens is 2. The van der Waals surface area contributed by atoms with Crippen molar-refractivity contribution < 1.29 is 14.5 Å². The summed E-state index contributed by atoms with van der Waals surface area (Å²) in [7, 11) is 1.75. The number of anilines is 2. The molecule has 27 heavy (non-hydrogen) atoms. The minimum absolute atomic E-state index is 0.0596. The van der Waals surface area contributed by atoms with Crippen LogP contribution >= 0.6 is 0 Å². The summed E-state index contributed by atoms with van der Waals surface area (Å²) in [6.07, 6.45) is -0.582. The van der Waals surface area contributed by atoms with Crippen molar-refractivity contribution in [3.8, 4) is 0 Å². The Balaban J connectivity index is 2.16. The summed E-state index contributed by atoms with van der Waals surface area (Å²) in [6, 6.07) is 13.4. The largest absolute Gasteiger partial charge is 0.443 e. The van der Waals surface area contributed by atoms with Gasteiger partial charge in [0.05, 0.1) is 21.6 Å². The Kier molecular flexibility index (Phi) is 4.57. The second-order valence-electron chi connectivity index (χ2n) is 7.05. The lowest BCUT2D eigenvalue weighted by molar-refractivity contribution is -0.384. The van der Waals surface area contributed by atoms with Gasteiger partial charge in [0.2, 0.25) is 5.95 Å². The van der Waals surface area contributed by atoms with Gasteiger partial charge in [-0.2, -0.15) is 0 Å². The van der Waals surface area contributed by atoms with Crippen LogP contribution in [0.2, 0.25) is 0 Å². The molecule has 0 saturated heterocycles. The molecule has 0 saturated carbocycles. The molecule has 8 nitrogen and oxygen atoms in total. The summed E-state index contributed by atoms with van der Waals surface area (Å²) in [6.45, 7) is 5.35. The van der Waals surface area contributed by atoms with E-state index in [1.165, 1.54) is 17.0 Å². The molecule has 0 unspecified atom stereocenters. The van der Waals surface area contributed by atoms with E-state index < -0.39 is 16.6 Å². The van der Waals surface area contributed by atoms with Crippen LogP contribution in [0.5, 0.6) is 0 Å². The number of nitrogens with zero attached hydrogens (tertiary/aromatic N) is 4. The highest BCUT2D eigenvalue weighted by atomic mass is 16.6. The average molecular weight is 368 g/mol. The highest BCUT2D eigenvalue weighted by Gasteiger charge is 2.28. The van der Waals surface area contributed by atoms with Crippen LogP contribution in [0.25, 0.3) is 11.0 Å². The van der Waals surface area contributed by atoms with Crippen LogP contribution in [0, 0.1) is 10.1 Å². The molecule has 0 spiro atoms. The number of ether oxygens (including phenoxy) is 1. The van der Waals surface area contributed by atoms with Crippen molar-refractivity contribution in [1.29, 1.82) is 0 Å². The van der Waals surface area contributed by atoms with Gasteiger partial charge in [-0.1, -0.05) is 18.2 Å². The number of carbonyl (C=O) groups excluding carboxylic acids is 1. The maximum atomic E-state index is 12.9. The van der Waals surface area contributed by atoms with Crippen LogP contribution in [0.3, 0.4) is 0 Å². The maximum absolute atomic E-state index is 12.9. The molecular formula is C19H20N4O4. The molecular weight excluding hydrogens is 348 g/mol. The molecule has 3 aromatic rings. The van der Waals surface area contributed by atoms with Crippen molar-refractivity contribution in [1.82, 2.24) is 9.55 Å². The molecule has 0 aliphatic carbocycles. The standard InChI is InChI=1S/C19H20N4O4/c1-19(2,3)27-18(24)22(13-8-6-5-7-9-13)17-20-15-12-14(23(25)26)10-11-16(15)21(17)4/h5-12H,1-4H3. The molecule has 2 aromatic carbocycles. The molecule has 0 radical (unpaired) electrons. The van der Waals surface area contributed by atoms with Crippen LogP contribution in [-0.4, -0.2) is 26.2 Å². The fourth-order valence-electron chi connectivity index (χ4n) is 2.68. The van der Waals surface area contributed by atoms with Gasteiger partial charge >= 0.3 is 6.09 Å². The topological polar surface area (TPSA) is 90.5 Å². The van der Waals surface area contributed by atoms with Crippen molar-refractivity contribution >= 4 is 34.4 Å². The predicted molar refractivity (Wildman–Crippen MR) is 102 cm³/mol. The quantitative estimate of drug-likeness (QED) is 0.499. The Morgan fingerprint density at radius 2 is 1.85 bits per heavy atom. The second-order valence-corrected chi connectivity index (χ2v) is 7.05. The molecule has 140 valence electrons. The molecule has 8 heteroatoms. The zero-order chi connectivity index (χ0) is 19.8. The lowest BCUT2D eigenvalue weighted by atomic mass is 10.2. The smallest absolute Gasteiger partial charge is 0.421 e. The Hall–Kier alpha value is -3.42. The van der Waals surface area contributed by atoms with Gasteiger partial charge in [-0.05, 0) is 39.0 Å². The summed E-state index contributed by atoms with van der Waals surface area (Å²) in [5.41, 5.74) is 0.926. The summed E-state index contributed by atoms with van der Waals surface area (Å²) in [5.74, 6) is 0.311. The number of hydrogen-bond acceptors (Lipinski definition) is 5. The molecule has 3 rings (SSSR count). The molecule has 0 N–H and O–H groups in total. The molecule has 0 bridgehead atoms. The first-order valence-corrected chi connectivity index (χ1v) is 8.36. The first kappa shape index (κ1) is 18.4. The van der Waals surface area contributed by atoms with E-state index in [-0.39, 0.29) is 5.69 Å². The zero-order valence-electron chi connectivity index (χ0n) is 15.5. The van der Waals surface area contributed by atoms with E-state index in [1.807, 2.05) is 6.07 Å². The number of imidazole rings is 1. The first-order valence-electron chi connectivity index (χ1n) is 8.36. The van der Waals surface area contributed by atoms with E-state index in [2.05, 4.69) is 4.98 Å². The molecule has 0 atom stereocenters. The average Bonchev–Trinajstić information content (AvgIpc) is 2.90. The molecule has 0 aliphatic rings. The van der Waals surface area contributed by atoms with E-state index >= 15 is 0 Å². The van der Waals surface area contributed by atoms with Gasteiger partial charge in [0.25, 0.3) is 5.69 Å². The maximum Gasteiger partial charge on any atom is 0.421 e. The SMILES string of the molecule is Cn1c(N(C(=O)OC(C)(C)C)c2ccccc2)nc2cc([N+](=O)[O-])ccc21. The number of amides is 1. The van der Waals surface area contributed by atoms with Gasteiger partial charge in [0.1, 0.15) is 5.60 Å². The van der Waals surface area contributed by atoms with E-state index in [1.54, 1.807) is 62.7 Å². The van der Waals surface area contributed by atoms with Crippen molar-refractivity contribution in [3.05, 3.63) is 58.6 Å². The van der Waals surface area contributed by atoms with E-state index in [4.69, 9.17) is 4.74 Å². The first-order chi connectivity index (χ1) is 12.7. The summed E-state index contributed by atoms with van der Waals surface area (Å²) >= 11 is 0. The van der Waals surface area contributed by atoms with E-state index in [0.29, 0.717) is 22.7 Å². The van der Waals surface area contributed by atoms with Crippen LogP contribution in [0.15, 0.2) is 48.5 Å². The Morgan fingerprint density at radius 1 is 1.19 bits per heavy atom. The number of para-hydroxylation sites is 1. The van der Waals surface area contributed by atoms with Crippen LogP contribution in [0.4, 0.5) is 22.1 Å². The normalized spacial score (nSPS) is 11.4. The fraction of sp³-hybridized carbons (Fsp3) is 0.263. The monoisotopic (exact) mass is 368 g/mol. The second kappa shape index (κ2) is 6.71. The van der Waals surface area contributed by atoms with Crippen LogP contribution in [-0.2, 0) is 11.8 Å². The number of rotatable bonds is 3. The number of benzene rings is 2. The number of carbonyl (C=O) groups is 1. The number of hydrogen-bond donors (Lipinski definition) is 0. The summed E-state index contributed by atoms with van der Waals surface area (Å²) in [4.78, 5) is 29.3. The Morgan fingerprint density at radius 3 is 2.44 bits per heavy atom. The van der Waals surface area contributed by atoms with Gasteiger partial charge in [0, 0.05) is 19.2 Å². The third-order valence-electron chi connectivity index (χ3n) is 3.84. The predicted octanol–water partition coefficient (Wildman–Crippen LogP) is 4.55. The number of nitro benzene ring substituents is 1. The number of aryl methyl sites for hydroxylation is 1. The number of fused-ring (bicyclic) bond motifs is 1. The van der Waals surface area contributed by atoms with Gasteiger partial charge in [-0.3, -0.25) is 10.1 Å². The molecule has 1 heterocycles. The number of non-ortho nitro benzene ring substituents is 1. The Bertz CT molecular complexity index is 1010. The van der Waals surface area contributed by atoms with Crippen molar-refractivity contribution in [2.75, 3.05) is 4.90 Å². The molecule has 1 aromatic heterocycles. The highest BCUT2D eigenvalue weighted by Crippen LogP contribution is 2.31. The van der Waals surface area contributed by atoms with Crippen molar-refractivity contribution in [3.63, 3.8) is 0 Å². The lowest BCUT2D eigenvalue weighted by Gasteiger charge is -2.26. The third kappa shape index (κ3) is 3.74. The highest BCUT2D eigenvalue weighted by molar-refractivity contribution is 5.96. The summed E-state index contributed by atoms with van der Waals surface area (Å²) < 4.78 is 7.25. The van der Waals surface area contributed by atoms with Gasteiger partial charge in [0.15, 0.2) is 0 Å². The van der Waals surface area contributed by atoms with Gasteiger partial charge in [-0.25, -0.2) is 14.7 Å². The van der Waals surface area contributed by atoms with Crippen molar-refractivity contribution in [2.24, 2.45) is 7.05 Å². The summed E-state index contributed by atoms with van der Waals surface area (Å²) in [5, 5.41) is 11.0. The van der Waals surface area contributed by atoms with Crippen LogP contribution in [0.1, 0.15) is 20.8 Å². The Labute approximate surface area is 156 Å². The minimum Gasteiger partial charge on any atom is -0.443 e. The molecule has 0 aliphatic heterocycles. The zero-order valence-corrected chi connectivity index (χ0v) is 15.5.